The van der Waals surface area contributed by atoms with Crippen molar-refractivity contribution in [1.82, 2.24) is 4.90 Å². The third-order valence-corrected chi connectivity index (χ3v) is 3.44. The van der Waals surface area contributed by atoms with E-state index in [1.807, 2.05) is 0 Å². The number of rotatable bonds is 4. The van der Waals surface area contributed by atoms with Crippen LogP contribution in [-0.4, -0.2) is 34.9 Å². The van der Waals surface area contributed by atoms with Gasteiger partial charge in [0, 0.05) is 25.9 Å². The molecular weight excluding hydrogens is 279 g/mol. The first-order valence-electron chi connectivity index (χ1n) is 6.30. The topological polar surface area (TPSA) is 72.7 Å². The Labute approximate surface area is 120 Å². The van der Waals surface area contributed by atoms with Gasteiger partial charge in [0.25, 0.3) is 0 Å². The minimum absolute atomic E-state index is 0.0705. The van der Waals surface area contributed by atoms with E-state index in [9.17, 15) is 19.3 Å². The Hall–Kier alpha value is -2.62. The van der Waals surface area contributed by atoms with Gasteiger partial charge in [-0.3, -0.25) is 14.9 Å². The molecular formula is C14H13FN2O4. The molecule has 0 spiro atoms. The zero-order valence-corrected chi connectivity index (χ0v) is 11.1. The van der Waals surface area contributed by atoms with Crippen molar-refractivity contribution in [2.24, 2.45) is 0 Å². The SMILES string of the molecule is C#CC1(Oc2ccc(F)cc2[N+](=O)[O-])CCN(C=O)CC1. The first-order chi connectivity index (χ1) is 9.99. The maximum absolute atomic E-state index is 13.1. The van der Waals surface area contributed by atoms with Crippen LogP contribution in [0.2, 0.25) is 0 Å². The zero-order valence-electron chi connectivity index (χ0n) is 11.1. The van der Waals surface area contributed by atoms with Crippen molar-refractivity contribution >= 4 is 12.1 Å². The number of nitrogens with zero attached hydrogens (tertiary/aromatic N) is 2. The molecule has 1 aromatic rings. The number of nitro benzene ring substituents is 1. The highest BCUT2D eigenvalue weighted by Crippen LogP contribution is 2.34. The zero-order chi connectivity index (χ0) is 15.5. The van der Waals surface area contributed by atoms with E-state index in [0.29, 0.717) is 25.9 Å². The number of piperidine rings is 1. The Morgan fingerprint density at radius 2 is 2.14 bits per heavy atom. The van der Waals surface area contributed by atoms with Crippen LogP contribution >= 0.6 is 0 Å². The summed E-state index contributed by atoms with van der Waals surface area (Å²) in [5.74, 6) is 1.72. The molecule has 1 aliphatic heterocycles. The Morgan fingerprint density at radius 3 is 2.67 bits per heavy atom. The summed E-state index contributed by atoms with van der Waals surface area (Å²) in [6.45, 7) is 0.811. The molecule has 1 aliphatic rings. The van der Waals surface area contributed by atoms with Crippen LogP contribution in [-0.2, 0) is 4.79 Å². The molecule has 6 nitrogen and oxygen atoms in total. The molecule has 1 heterocycles. The van der Waals surface area contributed by atoms with Gasteiger partial charge in [-0.05, 0) is 12.1 Å². The lowest BCUT2D eigenvalue weighted by molar-refractivity contribution is -0.386. The highest BCUT2D eigenvalue weighted by Gasteiger charge is 2.36. The number of benzene rings is 1. The van der Waals surface area contributed by atoms with Crippen LogP contribution in [0.5, 0.6) is 5.75 Å². The average molecular weight is 292 g/mol. The molecule has 0 aliphatic carbocycles. The smallest absolute Gasteiger partial charge is 0.313 e. The summed E-state index contributed by atoms with van der Waals surface area (Å²) < 4.78 is 18.8. The summed E-state index contributed by atoms with van der Waals surface area (Å²) in [6.07, 6.45) is 6.94. The molecule has 110 valence electrons. The van der Waals surface area contributed by atoms with E-state index in [1.165, 1.54) is 6.07 Å². The Kier molecular flexibility index (Phi) is 4.08. The molecule has 1 amide bonds. The van der Waals surface area contributed by atoms with Crippen LogP contribution in [0.4, 0.5) is 10.1 Å². The number of ether oxygens (including phenoxy) is 1. The number of terminal acetylenes is 1. The van der Waals surface area contributed by atoms with E-state index in [1.54, 1.807) is 4.90 Å². The number of hydrogen-bond acceptors (Lipinski definition) is 4. The van der Waals surface area contributed by atoms with Gasteiger partial charge in [-0.15, -0.1) is 6.42 Å². The molecule has 1 saturated heterocycles. The molecule has 0 unspecified atom stereocenters. The van der Waals surface area contributed by atoms with Gasteiger partial charge in [-0.25, -0.2) is 4.39 Å². The number of likely N-dealkylation sites (tertiary alicyclic amines) is 1. The largest absolute Gasteiger partial charge is 0.467 e. The van der Waals surface area contributed by atoms with Crippen LogP contribution < -0.4 is 4.74 Å². The third-order valence-electron chi connectivity index (χ3n) is 3.44. The van der Waals surface area contributed by atoms with Crippen molar-refractivity contribution in [2.75, 3.05) is 13.1 Å². The van der Waals surface area contributed by atoms with Gasteiger partial charge < -0.3 is 9.64 Å². The maximum atomic E-state index is 13.1. The lowest BCUT2D eigenvalue weighted by Gasteiger charge is -2.36. The van der Waals surface area contributed by atoms with E-state index in [4.69, 9.17) is 11.2 Å². The van der Waals surface area contributed by atoms with E-state index in [0.717, 1.165) is 18.5 Å². The number of carbonyl (C=O) groups is 1. The van der Waals surface area contributed by atoms with Gasteiger partial charge in [0.2, 0.25) is 6.41 Å². The first-order valence-corrected chi connectivity index (χ1v) is 6.30. The van der Waals surface area contributed by atoms with Crippen molar-refractivity contribution in [2.45, 2.75) is 18.4 Å². The first kappa shape index (κ1) is 14.8. The van der Waals surface area contributed by atoms with Crippen molar-refractivity contribution in [3.05, 3.63) is 34.1 Å². The van der Waals surface area contributed by atoms with Crippen molar-refractivity contribution in [3.63, 3.8) is 0 Å². The van der Waals surface area contributed by atoms with E-state index in [-0.39, 0.29) is 5.75 Å². The van der Waals surface area contributed by atoms with Crippen molar-refractivity contribution in [1.29, 1.82) is 0 Å². The summed E-state index contributed by atoms with van der Waals surface area (Å²) in [5.41, 5.74) is -1.50. The normalized spacial score (nSPS) is 16.9. The minimum atomic E-state index is -1.03. The fourth-order valence-electron chi connectivity index (χ4n) is 2.20. The fourth-order valence-corrected chi connectivity index (χ4v) is 2.20. The number of hydrogen-bond donors (Lipinski definition) is 0. The Bertz CT molecular complexity index is 603. The molecule has 0 N–H and O–H groups in total. The highest BCUT2D eigenvalue weighted by atomic mass is 19.1. The lowest BCUT2D eigenvalue weighted by atomic mass is 9.92. The van der Waals surface area contributed by atoms with Crippen LogP contribution in [0, 0.1) is 28.3 Å². The lowest BCUT2D eigenvalue weighted by Crippen LogP contribution is -2.46. The van der Waals surface area contributed by atoms with E-state index >= 15 is 0 Å². The summed E-state index contributed by atoms with van der Waals surface area (Å²) in [4.78, 5) is 22.5. The van der Waals surface area contributed by atoms with Crippen LogP contribution in [0.3, 0.4) is 0 Å². The van der Waals surface area contributed by atoms with E-state index < -0.39 is 22.0 Å². The monoisotopic (exact) mass is 292 g/mol. The Morgan fingerprint density at radius 1 is 1.48 bits per heavy atom. The van der Waals surface area contributed by atoms with Crippen molar-refractivity contribution < 1.29 is 18.8 Å². The second-order valence-electron chi connectivity index (χ2n) is 4.75. The van der Waals surface area contributed by atoms with Crippen LogP contribution in [0.1, 0.15) is 12.8 Å². The molecule has 1 fully saturated rings. The van der Waals surface area contributed by atoms with Gasteiger partial charge >= 0.3 is 5.69 Å². The fraction of sp³-hybridized carbons (Fsp3) is 0.357. The highest BCUT2D eigenvalue weighted by molar-refractivity contribution is 5.49. The molecule has 0 radical (unpaired) electrons. The molecule has 0 aromatic heterocycles. The Balaban J connectivity index is 2.26. The van der Waals surface area contributed by atoms with Gasteiger partial charge in [0.1, 0.15) is 5.82 Å². The second-order valence-corrected chi connectivity index (χ2v) is 4.75. The van der Waals surface area contributed by atoms with Gasteiger partial charge in [0.05, 0.1) is 11.0 Å². The summed E-state index contributed by atoms with van der Waals surface area (Å²) in [5, 5.41) is 11.0. The number of halogens is 1. The van der Waals surface area contributed by atoms with Gasteiger partial charge in [-0.2, -0.15) is 0 Å². The second kappa shape index (κ2) is 5.79. The quantitative estimate of drug-likeness (QED) is 0.367. The molecule has 0 saturated carbocycles. The van der Waals surface area contributed by atoms with E-state index in [2.05, 4.69) is 5.92 Å². The molecule has 0 bridgehead atoms. The summed E-state index contributed by atoms with van der Waals surface area (Å²) in [7, 11) is 0. The third kappa shape index (κ3) is 3.11. The predicted octanol–water partition coefficient (Wildman–Crippen LogP) is 1.74. The maximum Gasteiger partial charge on any atom is 0.313 e. The van der Waals surface area contributed by atoms with Crippen LogP contribution in [0.25, 0.3) is 0 Å². The number of amides is 1. The van der Waals surface area contributed by atoms with Gasteiger partial charge in [-0.1, -0.05) is 5.92 Å². The predicted molar refractivity (Wildman–Crippen MR) is 72.1 cm³/mol. The molecule has 2 rings (SSSR count). The standard InChI is InChI=1S/C14H13FN2O4/c1-2-14(5-7-16(10-18)8-6-14)21-13-4-3-11(15)9-12(13)17(19)20/h1,3-4,9-10H,5-8H2. The average Bonchev–Trinajstić information content (AvgIpc) is 2.49. The molecule has 0 atom stereocenters. The number of carbonyl (C=O) groups excluding carboxylic acids is 1. The minimum Gasteiger partial charge on any atom is -0.467 e. The molecule has 7 heteroatoms. The molecule has 21 heavy (non-hydrogen) atoms. The molecule has 1 aromatic carbocycles. The van der Waals surface area contributed by atoms with Crippen LogP contribution in [0.15, 0.2) is 18.2 Å². The number of nitro groups is 1. The summed E-state index contributed by atoms with van der Waals surface area (Å²) in [6, 6.07) is 3.06. The summed E-state index contributed by atoms with van der Waals surface area (Å²) >= 11 is 0. The van der Waals surface area contributed by atoms with Crippen molar-refractivity contribution in [3.8, 4) is 18.1 Å². The van der Waals surface area contributed by atoms with Gasteiger partial charge in [0.15, 0.2) is 11.4 Å².